The third kappa shape index (κ3) is 2.72. The molecule has 0 spiro atoms. The average Bonchev–Trinajstić information content (AvgIpc) is 2.22. The molecule has 0 fully saturated rings. The van der Waals surface area contributed by atoms with Gasteiger partial charge in [0.1, 0.15) is 0 Å². The van der Waals surface area contributed by atoms with Gasteiger partial charge in [0.05, 0.1) is 4.90 Å². The fraction of sp³-hybridized carbons (Fsp3) is 0. The van der Waals surface area contributed by atoms with Crippen molar-refractivity contribution in [2.24, 2.45) is 0 Å². The Hall–Kier alpha value is -0.790. The van der Waals surface area contributed by atoms with Gasteiger partial charge in [-0.15, -0.1) is 0 Å². The molecule has 0 saturated carbocycles. The van der Waals surface area contributed by atoms with Crippen LogP contribution in [0, 0.1) is 0 Å². The molecular weight excluding hydrogens is 255 g/mol. The van der Waals surface area contributed by atoms with E-state index in [1.165, 1.54) is 24.3 Å². The molecule has 3 N–H and O–H groups in total. The summed E-state index contributed by atoms with van der Waals surface area (Å²) in [5.74, 6) is -0.605. The van der Waals surface area contributed by atoms with Crippen LogP contribution in [0.2, 0.25) is 0 Å². The van der Waals surface area contributed by atoms with Crippen LogP contribution < -0.4 is 29.6 Å². The van der Waals surface area contributed by atoms with Crippen molar-refractivity contribution >= 4 is 20.9 Å². The summed E-state index contributed by atoms with van der Waals surface area (Å²) in [4.78, 5) is -0.259. The fourth-order valence-electron chi connectivity index (χ4n) is 1.44. The summed E-state index contributed by atoms with van der Waals surface area (Å²) < 4.78 is 30.6. The van der Waals surface area contributed by atoms with E-state index in [4.69, 9.17) is 4.55 Å². The van der Waals surface area contributed by atoms with Crippen LogP contribution in [0.3, 0.4) is 0 Å². The molecule has 0 aromatic heterocycles. The van der Waals surface area contributed by atoms with E-state index in [0.717, 1.165) is 6.07 Å². The summed E-state index contributed by atoms with van der Waals surface area (Å²) in [6, 6.07) is 6.36. The minimum atomic E-state index is -4.26. The van der Waals surface area contributed by atoms with Crippen LogP contribution in [0.5, 0.6) is 11.5 Å². The Labute approximate surface area is 121 Å². The predicted octanol–water partition coefficient (Wildman–Crippen LogP) is -1.39. The number of benzene rings is 2. The zero-order valence-corrected chi connectivity index (χ0v) is 11.8. The van der Waals surface area contributed by atoms with Crippen molar-refractivity contribution in [1.29, 1.82) is 0 Å². The average molecular weight is 264 g/mol. The monoisotopic (exact) mass is 264 g/mol. The van der Waals surface area contributed by atoms with Crippen molar-refractivity contribution < 1.29 is 54.2 Å². The van der Waals surface area contributed by atoms with Crippen LogP contribution in [0.15, 0.2) is 35.2 Å². The molecule has 0 aliphatic rings. The molecule has 0 aliphatic carbocycles. The van der Waals surface area contributed by atoms with Gasteiger partial charge in [-0.05, 0) is 29.7 Å². The van der Waals surface area contributed by atoms with E-state index in [2.05, 4.69) is 0 Å². The van der Waals surface area contributed by atoms with Crippen molar-refractivity contribution in [1.82, 2.24) is 0 Å². The summed E-state index contributed by atoms with van der Waals surface area (Å²) in [5.41, 5.74) is 0. The SMILES string of the molecule is O=S(=O)(O)c1ccc2c(O)c(O)ccc2c1.[H-].[Na+]. The van der Waals surface area contributed by atoms with Crippen molar-refractivity contribution in [2.75, 3.05) is 0 Å². The van der Waals surface area contributed by atoms with Crippen LogP contribution in [0.1, 0.15) is 1.43 Å². The molecule has 0 bridgehead atoms. The zero-order valence-electron chi connectivity index (χ0n) is 9.95. The van der Waals surface area contributed by atoms with E-state index in [0.29, 0.717) is 10.8 Å². The Bertz CT molecular complexity index is 671. The Morgan fingerprint density at radius 1 is 1.06 bits per heavy atom. The molecular formula is C10H9NaO5S. The van der Waals surface area contributed by atoms with Crippen molar-refractivity contribution in [3.63, 3.8) is 0 Å². The van der Waals surface area contributed by atoms with Crippen LogP contribution >= 0.6 is 0 Å². The zero-order chi connectivity index (χ0) is 11.9. The molecule has 0 radical (unpaired) electrons. The quantitative estimate of drug-likeness (QED) is 0.335. The largest absolute Gasteiger partial charge is 1.00 e. The first-order chi connectivity index (χ1) is 7.39. The second kappa shape index (κ2) is 4.83. The Kier molecular flexibility index (Phi) is 4.06. The molecule has 0 saturated heterocycles. The first kappa shape index (κ1) is 14.3. The van der Waals surface area contributed by atoms with Gasteiger partial charge >= 0.3 is 29.6 Å². The minimum Gasteiger partial charge on any atom is -1.00 e. The van der Waals surface area contributed by atoms with Crippen LogP contribution in [0.4, 0.5) is 0 Å². The van der Waals surface area contributed by atoms with Crippen LogP contribution in [0.25, 0.3) is 10.8 Å². The molecule has 2 aromatic carbocycles. The molecule has 0 heterocycles. The van der Waals surface area contributed by atoms with E-state index in [1.54, 1.807) is 0 Å². The topological polar surface area (TPSA) is 94.8 Å². The molecule has 5 nitrogen and oxygen atoms in total. The first-order valence-corrected chi connectivity index (χ1v) is 5.76. The molecule has 17 heavy (non-hydrogen) atoms. The van der Waals surface area contributed by atoms with Gasteiger partial charge in [0.15, 0.2) is 11.5 Å². The second-order valence-electron chi connectivity index (χ2n) is 3.29. The molecule has 2 rings (SSSR count). The van der Waals surface area contributed by atoms with Gasteiger partial charge in [-0.25, -0.2) is 0 Å². The van der Waals surface area contributed by atoms with Gasteiger partial charge in [0, 0.05) is 5.39 Å². The summed E-state index contributed by atoms with van der Waals surface area (Å²) in [5, 5.41) is 19.4. The van der Waals surface area contributed by atoms with Gasteiger partial charge in [-0.1, -0.05) is 6.07 Å². The van der Waals surface area contributed by atoms with Crippen molar-refractivity contribution in [3.8, 4) is 11.5 Å². The van der Waals surface area contributed by atoms with E-state index in [-0.39, 0.29) is 47.4 Å². The third-order valence-electron chi connectivity index (χ3n) is 2.24. The Balaban J connectivity index is 0.00000144. The molecule has 0 amide bonds. The molecule has 0 atom stereocenters. The number of aromatic hydroxyl groups is 2. The van der Waals surface area contributed by atoms with E-state index >= 15 is 0 Å². The molecule has 0 aliphatic heterocycles. The Morgan fingerprint density at radius 2 is 1.71 bits per heavy atom. The van der Waals surface area contributed by atoms with Gasteiger partial charge in [-0.3, -0.25) is 4.55 Å². The number of fused-ring (bicyclic) bond motifs is 1. The van der Waals surface area contributed by atoms with E-state index in [1.807, 2.05) is 0 Å². The Morgan fingerprint density at radius 3 is 2.29 bits per heavy atom. The third-order valence-corrected chi connectivity index (χ3v) is 3.09. The van der Waals surface area contributed by atoms with Crippen LogP contribution in [-0.2, 0) is 10.1 Å². The molecule has 0 unspecified atom stereocenters. The van der Waals surface area contributed by atoms with Gasteiger partial charge in [0.2, 0.25) is 0 Å². The molecule has 2 aromatic rings. The molecule has 86 valence electrons. The number of hydrogen-bond acceptors (Lipinski definition) is 4. The number of phenols is 2. The van der Waals surface area contributed by atoms with Crippen molar-refractivity contribution in [2.45, 2.75) is 4.90 Å². The van der Waals surface area contributed by atoms with E-state index in [9.17, 15) is 18.6 Å². The van der Waals surface area contributed by atoms with Crippen LogP contribution in [-0.4, -0.2) is 23.2 Å². The second-order valence-corrected chi connectivity index (χ2v) is 4.71. The summed E-state index contributed by atoms with van der Waals surface area (Å²) >= 11 is 0. The smallest absolute Gasteiger partial charge is 1.00 e. The fourth-order valence-corrected chi connectivity index (χ4v) is 1.96. The van der Waals surface area contributed by atoms with Gasteiger partial charge < -0.3 is 11.6 Å². The standard InChI is InChI=1S/C10H8O5S.Na.H/c11-9-4-1-6-5-7(16(13,14)15)2-3-8(6)10(9)12;;/h1-5,11-12H,(H,13,14,15);;/q;+1;-1. The number of rotatable bonds is 1. The predicted molar refractivity (Wildman–Crippen MR) is 58.2 cm³/mol. The van der Waals surface area contributed by atoms with Gasteiger partial charge in [-0.2, -0.15) is 8.42 Å². The summed E-state index contributed by atoms with van der Waals surface area (Å²) in [6.45, 7) is 0. The first-order valence-electron chi connectivity index (χ1n) is 4.32. The summed E-state index contributed by atoms with van der Waals surface area (Å²) in [6.07, 6.45) is 0. The maximum absolute atomic E-state index is 10.9. The maximum Gasteiger partial charge on any atom is 1.00 e. The van der Waals surface area contributed by atoms with Crippen molar-refractivity contribution in [3.05, 3.63) is 30.3 Å². The van der Waals surface area contributed by atoms with E-state index < -0.39 is 10.1 Å². The number of hydrogen-bond donors (Lipinski definition) is 3. The normalized spacial score (nSPS) is 11.1. The molecule has 7 heteroatoms. The number of phenolic OH excluding ortho intramolecular Hbond substituents is 2. The maximum atomic E-state index is 10.9. The van der Waals surface area contributed by atoms with Gasteiger partial charge in [0.25, 0.3) is 10.1 Å². The summed E-state index contributed by atoms with van der Waals surface area (Å²) in [7, 11) is -4.26. The minimum absolute atomic E-state index is 0.